The number of aromatic amines is 1. The van der Waals surface area contributed by atoms with Crippen molar-refractivity contribution in [3.05, 3.63) is 71.4 Å². The number of hydrogen-bond acceptors (Lipinski definition) is 14. The highest BCUT2D eigenvalue weighted by Gasteiger charge is 2.44. The third-order valence-electron chi connectivity index (χ3n) is 10.4. The molecule has 0 radical (unpaired) electrons. The van der Waals surface area contributed by atoms with Gasteiger partial charge in [-0.3, -0.25) is 37.6 Å². The lowest BCUT2D eigenvalue weighted by atomic mass is 9.98. The van der Waals surface area contributed by atoms with E-state index >= 15 is 0 Å². The number of fused-ring (bicyclic) bond motifs is 2. The first-order valence-electron chi connectivity index (χ1n) is 21.2. The first-order valence-corrected chi connectivity index (χ1v) is 22.9. The van der Waals surface area contributed by atoms with Gasteiger partial charge in [-0.15, -0.1) is 0 Å². The van der Waals surface area contributed by atoms with E-state index in [4.69, 9.17) is 33.7 Å². The molecule has 0 aliphatic carbocycles. The summed E-state index contributed by atoms with van der Waals surface area (Å²) in [5.41, 5.74) is 7.30. The van der Waals surface area contributed by atoms with Crippen LogP contribution in [0.2, 0.25) is 0 Å². The second kappa shape index (κ2) is 23.1. The van der Waals surface area contributed by atoms with Gasteiger partial charge in [0.15, 0.2) is 0 Å². The number of carbonyl (C=O) groups is 7. The van der Waals surface area contributed by atoms with Crippen molar-refractivity contribution in [1.82, 2.24) is 25.8 Å². The Morgan fingerprint density at radius 2 is 1.50 bits per heavy atom. The fourth-order valence-corrected chi connectivity index (χ4v) is 8.74. The lowest BCUT2D eigenvalue weighted by Gasteiger charge is -2.35. The van der Waals surface area contributed by atoms with E-state index in [-0.39, 0.29) is 37.3 Å². The van der Waals surface area contributed by atoms with Gasteiger partial charge in [-0.1, -0.05) is 49.2 Å². The average molecular weight is 913 g/mol. The maximum atomic E-state index is 14.3. The molecule has 20 nitrogen and oxygen atoms in total. The minimum absolute atomic E-state index is 0.0333. The number of primary amides is 1. The molecule has 3 heterocycles. The van der Waals surface area contributed by atoms with Gasteiger partial charge in [0.05, 0.1) is 18.4 Å². The minimum atomic E-state index is -4.17. The zero-order valence-electron chi connectivity index (χ0n) is 36.3. The molecule has 64 heavy (non-hydrogen) atoms. The van der Waals surface area contributed by atoms with Gasteiger partial charge in [-0.2, -0.15) is 0 Å². The van der Waals surface area contributed by atoms with Crippen LogP contribution in [0.3, 0.4) is 0 Å². The van der Waals surface area contributed by atoms with Crippen LogP contribution in [0.4, 0.5) is 9.59 Å². The van der Waals surface area contributed by atoms with Gasteiger partial charge in [-0.25, -0.2) is 9.59 Å². The molecule has 5 rings (SSSR count). The third kappa shape index (κ3) is 14.5. The molecular formula is C43H57N6O14P. The van der Waals surface area contributed by atoms with E-state index in [2.05, 4.69) is 20.9 Å². The molecule has 6 N–H and O–H groups in total. The van der Waals surface area contributed by atoms with E-state index in [0.29, 0.717) is 48.6 Å². The van der Waals surface area contributed by atoms with Gasteiger partial charge < -0.3 is 50.5 Å². The monoisotopic (exact) mass is 912 g/mol. The van der Waals surface area contributed by atoms with Crippen LogP contribution in [0.15, 0.2) is 54.6 Å². The first-order chi connectivity index (χ1) is 30.5. The fourth-order valence-electron chi connectivity index (χ4n) is 7.41. The Hall–Kier alpha value is -5.98. The number of nitrogens with two attached hydrogens (primary N) is 1. The Balaban J connectivity index is 1.26. The van der Waals surface area contributed by atoms with E-state index in [1.165, 1.54) is 4.90 Å². The fraction of sp³-hybridized carbons (Fsp3) is 0.512. The number of nitrogens with one attached hydrogen (secondary N) is 4. The molecule has 2 unspecified atom stereocenters. The Morgan fingerprint density at radius 3 is 2.14 bits per heavy atom. The van der Waals surface area contributed by atoms with E-state index < -0.39 is 93.4 Å². The number of hydrogen-bond donors (Lipinski definition) is 5. The summed E-state index contributed by atoms with van der Waals surface area (Å²) in [5.74, 6) is -2.67. The number of ether oxygens (including phenoxy) is 4. The summed E-state index contributed by atoms with van der Waals surface area (Å²) in [6.07, 6.45) is -0.329. The Morgan fingerprint density at radius 1 is 0.844 bits per heavy atom. The average Bonchev–Trinajstić information content (AvgIpc) is 3.86. The summed E-state index contributed by atoms with van der Waals surface area (Å²) < 4.78 is 44.0. The van der Waals surface area contributed by atoms with Gasteiger partial charge in [0.1, 0.15) is 23.8 Å². The van der Waals surface area contributed by atoms with E-state index in [0.717, 1.165) is 12.0 Å². The lowest BCUT2D eigenvalue weighted by Crippen LogP contribution is -2.58. The highest BCUT2D eigenvalue weighted by Crippen LogP contribution is 2.51. The molecule has 0 saturated carbocycles. The van der Waals surface area contributed by atoms with Crippen molar-refractivity contribution in [2.75, 3.05) is 13.6 Å². The van der Waals surface area contributed by atoms with Crippen molar-refractivity contribution in [3.63, 3.8) is 0 Å². The highest BCUT2D eigenvalue weighted by molar-refractivity contribution is 7.53. The van der Waals surface area contributed by atoms with Gasteiger partial charge in [-0.05, 0) is 89.1 Å². The van der Waals surface area contributed by atoms with Crippen LogP contribution in [0, 0.1) is 0 Å². The van der Waals surface area contributed by atoms with Crippen LogP contribution in [-0.4, -0.2) is 102 Å². The predicted octanol–water partition coefficient (Wildman–Crippen LogP) is 5.03. The topological polar surface area (TPSA) is 273 Å². The predicted molar refractivity (Wildman–Crippen MR) is 229 cm³/mol. The SMILES string of the molecule is CC(C)OC(=O)OCOP(=O)(Cc1ccc2[nH]c(C(=O)N[C@H]3CCCCC4CC[C@@H](C(=O)NC(CCC(N)=O)C(=O)NCc5ccccc5)N4C3=O)cc2c1)OCOC(=O)OC(C)C. The maximum absolute atomic E-state index is 14.3. The van der Waals surface area contributed by atoms with Gasteiger partial charge in [0, 0.05) is 29.9 Å². The quantitative estimate of drug-likeness (QED) is 0.0565. The number of rotatable bonds is 20. The van der Waals surface area contributed by atoms with Crippen LogP contribution in [-0.2, 0) is 64.4 Å². The number of carbonyl (C=O) groups excluding carboxylic acids is 7. The van der Waals surface area contributed by atoms with Gasteiger partial charge in [0.2, 0.25) is 37.2 Å². The second-order valence-corrected chi connectivity index (χ2v) is 18.1. The van der Waals surface area contributed by atoms with Crippen molar-refractivity contribution < 1.29 is 66.1 Å². The molecule has 21 heteroatoms. The van der Waals surface area contributed by atoms with Crippen LogP contribution in [0.25, 0.3) is 10.9 Å². The molecule has 1 aromatic heterocycles. The van der Waals surface area contributed by atoms with Crippen molar-refractivity contribution in [2.45, 2.75) is 128 Å². The smallest absolute Gasteiger partial charge is 0.432 e. The number of aromatic nitrogens is 1. The molecule has 3 aromatic rings. The van der Waals surface area contributed by atoms with Crippen LogP contribution < -0.4 is 21.7 Å². The molecule has 0 spiro atoms. The van der Waals surface area contributed by atoms with E-state index in [1.54, 1.807) is 52.0 Å². The number of nitrogens with zero attached hydrogens (tertiary/aromatic N) is 1. The largest absolute Gasteiger partial charge is 0.510 e. The van der Waals surface area contributed by atoms with Gasteiger partial charge >= 0.3 is 19.9 Å². The molecular weight excluding hydrogens is 855 g/mol. The molecule has 2 saturated heterocycles. The molecule has 2 aliphatic heterocycles. The van der Waals surface area contributed by atoms with E-state index in [1.807, 2.05) is 30.3 Å². The molecule has 5 amide bonds. The summed E-state index contributed by atoms with van der Waals surface area (Å²) in [6.45, 7) is 5.05. The number of H-pyrrole nitrogens is 1. The van der Waals surface area contributed by atoms with Crippen molar-refractivity contribution in [1.29, 1.82) is 0 Å². The molecule has 2 aliphatic rings. The van der Waals surface area contributed by atoms with Crippen molar-refractivity contribution >= 4 is 60.3 Å². The molecule has 0 bridgehead atoms. The minimum Gasteiger partial charge on any atom is -0.432 e. The summed E-state index contributed by atoms with van der Waals surface area (Å²) in [5, 5.41) is 8.95. The number of benzene rings is 2. The number of amides is 5. The molecule has 2 aromatic carbocycles. The zero-order chi connectivity index (χ0) is 46.4. The standard InChI is InChI=1S/C43H57N6O14P/c1-26(2)62-42(55)58-24-60-64(57,61-25-59-43(56)63-27(3)4)23-29-14-16-32-30(20-29)21-35(46-32)39(52)48-34-13-9-8-12-31-15-18-36(49(31)41(34)54)40(53)47-33(17-19-37(44)50)38(51)45-22-28-10-6-5-7-11-28/h5-7,10-11,14,16,20-21,26-27,31,33-34,36,46H,8-9,12-13,15,17-19,22-25H2,1-4H3,(H2,44,50)(H,45,51)(H,47,53)(H,48,52)/t31?,33?,34-,36-/m0/s1. The third-order valence-corrected chi connectivity index (χ3v) is 12.1. The lowest BCUT2D eigenvalue weighted by molar-refractivity contribution is -0.143. The van der Waals surface area contributed by atoms with Gasteiger partial charge in [0.25, 0.3) is 5.91 Å². The highest BCUT2D eigenvalue weighted by atomic mass is 31.2. The Labute approximate surface area is 370 Å². The zero-order valence-corrected chi connectivity index (χ0v) is 37.2. The summed E-state index contributed by atoms with van der Waals surface area (Å²) in [4.78, 5) is 95.2. The molecule has 2 fully saturated rings. The van der Waals surface area contributed by atoms with Crippen LogP contribution >= 0.6 is 7.60 Å². The first kappa shape index (κ1) is 49.0. The summed E-state index contributed by atoms with van der Waals surface area (Å²) in [6, 6.07) is 12.4. The van der Waals surface area contributed by atoms with Crippen LogP contribution in [0.5, 0.6) is 0 Å². The normalized spacial score (nSPS) is 18.1. The second-order valence-electron chi connectivity index (χ2n) is 16.1. The molecule has 4 atom stereocenters. The van der Waals surface area contributed by atoms with Crippen molar-refractivity contribution in [2.24, 2.45) is 5.73 Å². The molecule has 348 valence electrons. The Kier molecular flexibility index (Phi) is 17.7. The van der Waals surface area contributed by atoms with Crippen molar-refractivity contribution in [3.8, 4) is 0 Å². The summed E-state index contributed by atoms with van der Waals surface area (Å²) >= 11 is 0. The van der Waals surface area contributed by atoms with Crippen LogP contribution in [0.1, 0.15) is 101 Å². The summed E-state index contributed by atoms with van der Waals surface area (Å²) in [7, 11) is -4.17. The van der Waals surface area contributed by atoms with E-state index in [9.17, 15) is 38.1 Å². The maximum Gasteiger partial charge on any atom is 0.510 e. The Bertz CT molecular complexity index is 2150.